The molecule has 0 aliphatic heterocycles. The molecule has 1 N–H and O–H groups in total. The van der Waals surface area contributed by atoms with Crippen LogP contribution >= 0.6 is 0 Å². The smallest absolute Gasteiger partial charge is 0.262 e. The second-order valence-corrected chi connectivity index (χ2v) is 7.36. The van der Waals surface area contributed by atoms with Crippen molar-refractivity contribution in [3.05, 3.63) is 65.5 Å². The van der Waals surface area contributed by atoms with Gasteiger partial charge in [0.25, 0.3) is 10.0 Å². The molecule has 0 saturated heterocycles. The molecule has 5 heteroatoms. The van der Waals surface area contributed by atoms with E-state index < -0.39 is 10.0 Å². The van der Waals surface area contributed by atoms with Gasteiger partial charge in [-0.3, -0.25) is 9.71 Å². The molecule has 0 spiro atoms. The van der Waals surface area contributed by atoms with Gasteiger partial charge in [-0.05, 0) is 55.7 Å². The molecule has 2 aromatic carbocycles. The zero-order valence-electron chi connectivity index (χ0n) is 13.3. The Kier molecular flexibility index (Phi) is 3.82. The van der Waals surface area contributed by atoms with E-state index in [-0.39, 0.29) is 0 Å². The Morgan fingerprint density at radius 1 is 0.957 bits per heavy atom. The number of anilines is 1. The van der Waals surface area contributed by atoms with Gasteiger partial charge in [0.05, 0.1) is 10.6 Å². The Labute approximate surface area is 136 Å². The first-order valence-corrected chi connectivity index (χ1v) is 8.80. The third-order valence-corrected chi connectivity index (χ3v) is 5.51. The van der Waals surface area contributed by atoms with Crippen LogP contribution in [0.15, 0.2) is 53.7 Å². The summed E-state index contributed by atoms with van der Waals surface area (Å²) in [6.45, 7) is 5.70. The lowest BCUT2D eigenvalue weighted by molar-refractivity contribution is 0.600. The minimum atomic E-state index is -3.65. The van der Waals surface area contributed by atoms with Crippen LogP contribution in [0.3, 0.4) is 0 Å². The molecule has 3 aromatic rings. The van der Waals surface area contributed by atoms with Gasteiger partial charge in [-0.25, -0.2) is 8.42 Å². The van der Waals surface area contributed by atoms with Gasteiger partial charge in [-0.1, -0.05) is 18.2 Å². The van der Waals surface area contributed by atoms with E-state index >= 15 is 0 Å². The molecule has 118 valence electrons. The maximum absolute atomic E-state index is 12.8. The van der Waals surface area contributed by atoms with Crippen LogP contribution < -0.4 is 4.72 Å². The van der Waals surface area contributed by atoms with E-state index in [4.69, 9.17) is 0 Å². The Morgan fingerprint density at radius 2 is 1.70 bits per heavy atom. The number of benzene rings is 2. The minimum absolute atomic E-state index is 0.312. The summed E-state index contributed by atoms with van der Waals surface area (Å²) in [4.78, 5) is 4.38. The number of hydrogen-bond acceptors (Lipinski definition) is 3. The number of rotatable bonds is 3. The molecule has 0 fully saturated rings. The summed E-state index contributed by atoms with van der Waals surface area (Å²) >= 11 is 0. The molecular formula is C18H18N2O2S. The average Bonchev–Trinajstić information content (AvgIpc) is 2.51. The predicted octanol–water partition coefficient (Wildman–Crippen LogP) is 3.96. The molecule has 0 aliphatic rings. The van der Waals surface area contributed by atoms with Crippen LogP contribution in [0.4, 0.5) is 5.69 Å². The summed E-state index contributed by atoms with van der Waals surface area (Å²) in [6, 6.07) is 10.9. The highest BCUT2D eigenvalue weighted by Crippen LogP contribution is 2.27. The van der Waals surface area contributed by atoms with Crippen LogP contribution in [-0.4, -0.2) is 13.4 Å². The fourth-order valence-corrected chi connectivity index (χ4v) is 4.03. The maximum Gasteiger partial charge on any atom is 0.262 e. The highest BCUT2D eigenvalue weighted by atomic mass is 32.2. The zero-order chi connectivity index (χ0) is 16.6. The molecule has 1 aromatic heterocycles. The Balaban J connectivity index is 2.09. The first-order valence-electron chi connectivity index (χ1n) is 7.32. The lowest BCUT2D eigenvalue weighted by Gasteiger charge is -2.14. The standard InChI is InChI=1S/C18H18N2O2S/c1-12-9-14(3)18(10-13(12)2)23(21,22)20-17-6-4-5-15-11-19-8-7-16(15)17/h4-11,20H,1-3H3. The third kappa shape index (κ3) is 2.92. The maximum atomic E-state index is 12.8. The summed E-state index contributed by atoms with van der Waals surface area (Å²) in [5.41, 5.74) is 3.33. The normalized spacial score (nSPS) is 11.6. The van der Waals surface area contributed by atoms with Gasteiger partial charge in [-0.15, -0.1) is 0 Å². The summed E-state index contributed by atoms with van der Waals surface area (Å²) in [5.74, 6) is 0. The zero-order valence-corrected chi connectivity index (χ0v) is 14.1. The fraction of sp³-hybridized carbons (Fsp3) is 0.167. The topological polar surface area (TPSA) is 59.1 Å². The van der Waals surface area contributed by atoms with E-state index in [0.717, 1.165) is 27.5 Å². The molecule has 3 rings (SSSR count). The van der Waals surface area contributed by atoms with Crippen LogP contribution in [0.1, 0.15) is 16.7 Å². The first kappa shape index (κ1) is 15.5. The predicted molar refractivity (Wildman–Crippen MR) is 93.2 cm³/mol. The minimum Gasteiger partial charge on any atom is -0.279 e. The van der Waals surface area contributed by atoms with Crippen molar-refractivity contribution < 1.29 is 8.42 Å². The van der Waals surface area contributed by atoms with Crippen molar-refractivity contribution in [2.75, 3.05) is 4.72 Å². The van der Waals surface area contributed by atoms with Crippen LogP contribution in [0.25, 0.3) is 10.8 Å². The number of aryl methyl sites for hydroxylation is 3. The molecular weight excluding hydrogens is 308 g/mol. The molecule has 1 heterocycles. The quantitative estimate of drug-likeness (QED) is 0.792. The number of nitrogens with one attached hydrogen (secondary N) is 1. The van der Waals surface area contributed by atoms with E-state index in [1.165, 1.54) is 0 Å². The van der Waals surface area contributed by atoms with Gasteiger partial charge < -0.3 is 0 Å². The van der Waals surface area contributed by atoms with Crippen LogP contribution in [0.2, 0.25) is 0 Å². The Hall–Kier alpha value is -2.40. The summed E-state index contributed by atoms with van der Waals surface area (Å²) in [7, 11) is -3.65. The summed E-state index contributed by atoms with van der Waals surface area (Å²) in [5, 5.41) is 1.72. The number of hydrogen-bond donors (Lipinski definition) is 1. The summed E-state index contributed by atoms with van der Waals surface area (Å²) in [6.07, 6.45) is 3.37. The first-order chi connectivity index (χ1) is 10.9. The van der Waals surface area contributed by atoms with Crippen molar-refractivity contribution in [3.63, 3.8) is 0 Å². The van der Waals surface area contributed by atoms with Gasteiger partial charge in [-0.2, -0.15) is 0 Å². The van der Waals surface area contributed by atoms with Gasteiger partial charge >= 0.3 is 0 Å². The van der Waals surface area contributed by atoms with Crippen LogP contribution in [0, 0.1) is 20.8 Å². The van der Waals surface area contributed by atoms with Crippen LogP contribution in [0.5, 0.6) is 0 Å². The van der Waals surface area contributed by atoms with E-state index in [9.17, 15) is 8.42 Å². The van der Waals surface area contributed by atoms with Gasteiger partial charge in [0.2, 0.25) is 0 Å². The van der Waals surface area contributed by atoms with E-state index in [1.807, 2.05) is 39.0 Å². The van der Waals surface area contributed by atoms with Crippen molar-refractivity contribution >= 4 is 26.5 Å². The van der Waals surface area contributed by atoms with Gasteiger partial charge in [0.1, 0.15) is 0 Å². The Bertz CT molecular complexity index is 990. The number of sulfonamides is 1. The molecule has 0 saturated carbocycles. The second-order valence-electron chi connectivity index (χ2n) is 5.71. The lowest BCUT2D eigenvalue weighted by atomic mass is 10.1. The summed E-state index contributed by atoms with van der Waals surface area (Å²) < 4.78 is 28.3. The largest absolute Gasteiger partial charge is 0.279 e. The number of pyridine rings is 1. The third-order valence-electron chi connectivity index (χ3n) is 4.01. The number of fused-ring (bicyclic) bond motifs is 1. The van der Waals surface area contributed by atoms with Gasteiger partial charge in [0, 0.05) is 23.2 Å². The van der Waals surface area contributed by atoms with Crippen molar-refractivity contribution in [1.82, 2.24) is 4.98 Å². The van der Waals surface area contributed by atoms with Gasteiger partial charge in [0.15, 0.2) is 0 Å². The van der Waals surface area contributed by atoms with Crippen molar-refractivity contribution in [2.45, 2.75) is 25.7 Å². The van der Waals surface area contributed by atoms with E-state index in [2.05, 4.69) is 9.71 Å². The lowest BCUT2D eigenvalue weighted by Crippen LogP contribution is -2.15. The van der Waals surface area contributed by atoms with Crippen molar-refractivity contribution in [2.24, 2.45) is 0 Å². The molecule has 4 nitrogen and oxygen atoms in total. The van der Waals surface area contributed by atoms with Crippen molar-refractivity contribution in [1.29, 1.82) is 0 Å². The number of aromatic nitrogens is 1. The SMILES string of the molecule is Cc1cc(C)c(S(=O)(=O)Nc2cccc3cnccc23)cc1C. The monoisotopic (exact) mass is 326 g/mol. The molecule has 0 amide bonds. The van der Waals surface area contributed by atoms with E-state index in [0.29, 0.717) is 10.6 Å². The van der Waals surface area contributed by atoms with E-state index in [1.54, 1.807) is 30.6 Å². The highest BCUT2D eigenvalue weighted by Gasteiger charge is 2.19. The van der Waals surface area contributed by atoms with Crippen molar-refractivity contribution in [3.8, 4) is 0 Å². The average molecular weight is 326 g/mol. The second kappa shape index (κ2) is 5.66. The molecule has 0 atom stereocenters. The molecule has 0 aliphatic carbocycles. The molecule has 0 radical (unpaired) electrons. The highest BCUT2D eigenvalue weighted by molar-refractivity contribution is 7.92. The number of nitrogens with zero attached hydrogens (tertiary/aromatic N) is 1. The molecule has 0 unspecified atom stereocenters. The fourth-order valence-electron chi connectivity index (χ4n) is 2.63. The molecule has 0 bridgehead atoms. The van der Waals surface area contributed by atoms with Crippen LogP contribution in [-0.2, 0) is 10.0 Å². The Morgan fingerprint density at radius 3 is 2.48 bits per heavy atom. The molecule has 23 heavy (non-hydrogen) atoms.